The molecule has 0 aromatic heterocycles. The molecule has 48 heavy (non-hydrogen) atoms. The van der Waals surface area contributed by atoms with Crippen LogP contribution in [-0.4, -0.2) is 85.4 Å². The lowest BCUT2D eigenvalue weighted by Gasteiger charge is -2.44. The number of rotatable bonds is 13. The molecule has 3 aromatic carbocycles. The van der Waals surface area contributed by atoms with Gasteiger partial charge in [-0.25, -0.2) is 24.0 Å². The molecule has 1 aliphatic rings. The Morgan fingerprint density at radius 2 is 1.04 bits per heavy atom. The van der Waals surface area contributed by atoms with E-state index in [2.05, 4.69) is 5.32 Å². The van der Waals surface area contributed by atoms with Gasteiger partial charge in [0.2, 0.25) is 0 Å². The van der Waals surface area contributed by atoms with Crippen LogP contribution in [0.5, 0.6) is 0 Å². The van der Waals surface area contributed by atoms with Gasteiger partial charge in [-0.05, 0) is 50.2 Å². The van der Waals surface area contributed by atoms with E-state index in [1.165, 1.54) is 36.4 Å². The SMILES string of the molecule is CCOC(=O)C(=CN[C@@H]1O[C@H](CO)[C@@H](OC(=O)c2ccccc2)[C@H](OC(=O)c2ccccc2)[C@H]1OC(=O)c1ccccc1)C(=O)OCC. The summed E-state index contributed by atoms with van der Waals surface area (Å²) in [5, 5.41) is 13.1. The fourth-order valence-electron chi connectivity index (χ4n) is 4.68. The number of hydrogen-bond acceptors (Lipinski definition) is 13. The molecule has 13 nitrogen and oxygen atoms in total. The number of aliphatic hydroxyl groups excluding tert-OH is 1. The third-order valence-corrected chi connectivity index (χ3v) is 6.95. The quantitative estimate of drug-likeness (QED) is 0.0901. The molecule has 1 saturated heterocycles. The molecule has 0 aliphatic carbocycles. The highest BCUT2D eigenvalue weighted by molar-refractivity contribution is 6.14. The first-order chi connectivity index (χ1) is 23.3. The van der Waals surface area contributed by atoms with Crippen molar-refractivity contribution in [3.8, 4) is 0 Å². The number of benzene rings is 3. The monoisotopic (exact) mass is 661 g/mol. The van der Waals surface area contributed by atoms with Crippen LogP contribution in [0.4, 0.5) is 0 Å². The van der Waals surface area contributed by atoms with Crippen LogP contribution >= 0.6 is 0 Å². The lowest BCUT2D eigenvalue weighted by Crippen LogP contribution is -2.65. The normalized spacial score (nSPS) is 19.9. The Kier molecular flexibility index (Phi) is 12.8. The zero-order valence-corrected chi connectivity index (χ0v) is 26.2. The maximum Gasteiger partial charge on any atom is 0.347 e. The average molecular weight is 662 g/mol. The highest BCUT2D eigenvalue weighted by Crippen LogP contribution is 2.30. The molecule has 4 rings (SSSR count). The van der Waals surface area contributed by atoms with Crippen LogP contribution in [0, 0.1) is 0 Å². The number of aliphatic hydroxyl groups is 1. The molecule has 0 amide bonds. The largest absolute Gasteiger partial charge is 0.462 e. The van der Waals surface area contributed by atoms with Crippen LogP contribution in [0.3, 0.4) is 0 Å². The van der Waals surface area contributed by atoms with Gasteiger partial charge in [-0.1, -0.05) is 54.6 Å². The molecule has 1 fully saturated rings. The smallest absolute Gasteiger partial charge is 0.347 e. The Labute approximate surface area is 276 Å². The summed E-state index contributed by atoms with van der Waals surface area (Å²) in [6.07, 6.45) is -6.61. The minimum atomic E-state index is -1.59. The molecule has 1 aliphatic heterocycles. The summed E-state index contributed by atoms with van der Waals surface area (Å²) < 4.78 is 33.5. The summed E-state index contributed by atoms with van der Waals surface area (Å²) in [7, 11) is 0. The summed E-state index contributed by atoms with van der Waals surface area (Å²) in [5.74, 6) is -4.61. The van der Waals surface area contributed by atoms with Gasteiger partial charge in [-0.15, -0.1) is 0 Å². The number of esters is 5. The number of carbonyl (C=O) groups excluding carboxylic acids is 5. The molecule has 0 unspecified atom stereocenters. The molecule has 0 bridgehead atoms. The van der Waals surface area contributed by atoms with Gasteiger partial charge >= 0.3 is 29.8 Å². The van der Waals surface area contributed by atoms with Gasteiger partial charge in [0, 0.05) is 6.20 Å². The maximum absolute atomic E-state index is 13.4. The molecule has 1 heterocycles. The predicted molar refractivity (Wildman–Crippen MR) is 167 cm³/mol. The van der Waals surface area contributed by atoms with Crippen LogP contribution in [-0.2, 0) is 38.0 Å². The Morgan fingerprint density at radius 3 is 1.44 bits per heavy atom. The zero-order chi connectivity index (χ0) is 34.5. The lowest BCUT2D eigenvalue weighted by molar-refractivity contribution is -0.233. The Hall–Kier alpha value is -5.53. The van der Waals surface area contributed by atoms with Gasteiger partial charge in [-0.2, -0.15) is 0 Å². The molecular formula is C35H35NO12. The first-order valence-corrected chi connectivity index (χ1v) is 15.1. The van der Waals surface area contributed by atoms with E-state index in [1.807, 2.05) is 0 Å². The summed E-state index contributed by atoms with van der Waals surface area (Å²) in [6.45, 7) is 2.24. The van der Waals surface area contributed by atoms with Crippen molar-refractivity contribution in [2.75, 3.05) is 19.8 Å². The van der Waals surface area contributed by atoms with E-state index in [0.29, 0.717) is 0 Å². The first-order valence-electron chi connectivity index (χ1n) is 15.1. The van der Waals surface area contributed by atoms with Crippen LogP contribution in [0.25, 0.3) is 0 Å². The number of hydrogen-bond donors (Lipinski definition) is 2. The van der Waals surface area contributed by atoms with E-state index in [0.717, 1.165) is 6.20 Å². The molecule has 3 aromatic rings. The van der Waals surface area contributed by atoms with Gasteiger partial charge in [-0.3, -0.25) is 0 Å². The Morgan fingerprint density at radius 1 is 0.646 bits per heavy atom. The van der Waals surface area contributed by atoms with Gasteiger partial charge < -0.3 is 38.8 Å². The van der Waals surface area contributed by atoms with E-state index in [-0.39, 0.29) is 29.9 Å². The lowest BCUT2D eigenvalue weighted by atomic mass is 9.96. The molecule has 0 spiro atoms. The summed E-state index contributed by atoms with van der Waals surface area (Å²) in [4.78, 5) is 65.4. The van der Waals surface area contributed by atoms with E-state index >= 15 is 0 Å². The van der Waals surface area contributed by atoms with Gasteiger partial charge in [0.1, 0.15) is 6.10 Å². The van der Waals surface area contributed by atoms with Crippen molar-refractivity contribution in [3.63, 3.8) is 0 Å². The van der Waals surface area contributed by atoms with Gasteiger partial charge in [0.05, 0.1) is 36.5 Å². The van der Waals surface area contributed by atoms with E-state index in [9.17, 15) is 29.1 Å². The van der Waals surface area contributed by atoms with Crippen LogP contribution in [0.15, 0.2) is 103 Å². The Bertz CT molecular complexity index is 1560. The molecule has 0 radical (unpaired) electrons. The third kappa shape index (κ3) is 9.05. The van der Waals surface area contributed by atoms with Crippen LogP contribution < -0.4 is 5.32 Å². The van der Waals surface area contributed by atoms with Gasteiger partial charge in [0.15, 0.2) is 30.1 Å². The number of carbonyl (C=O) groups is 5. The fourth-order valence-corrected chi connectivity index (χ4v) is 4.68. The van der Waals surface area contributed by atoms with Crippen molar-refractivity contribution in [2.45, 2.75) is 44.5 Å². The molecule has 5 atom stereocenters. The number of nitrogens with one attached hydrogen (secondary N) is 1. The fraction of sp³-hybridized carbons (Fsp3) is 0.286. The zero-order valence-electron chi connectivity index (χ0n) is 26.2. The molecular weight excluding hydrogens is 626 g/mol. The number of ether oxygens (including phenoxy) is 6. The summed E-state index contributed by atoms with van der Waals surface area (Å²) in [6, 6.07) is 23.7. The second-order valence-corrected chi connectivity index (χ2v) is 10.2. The topological polar surface area (TPSA) is 173 Å². The van der Waals surface area contributed by atoms with Crippen LogP contribution in [0.1, 0.15) is 44.9 Å². The molecule has 252 valence electrons. The van der Waals surface area contributed by atoms with Crippen molar-refractivity contribution in [2.24, 2.45) is 0 Å². The highest BCUT2D eigenvalue weighted by atomic mass is 16.7. The first kappa shape index (κ1) is 35.3. The highest BCUT2D eigenvalue weighted by Gasteiger charge is 2.52. The van der Waals surface area contributed by atoms with Crippen molar-refractivity contribution in [3.05, 3.63) is 119 Å². The van der Waals surface area contributed by atoms with Crippen molar-refractivity contribution in [1.82, 2.24) is 5.32 Å². The van der Waals surface area contributed by atoms with Crippen LogP contribution in [0.2, 0.25) is 0 Å². The average Bonchev–Trinajstić information content (AvgIpc) is 3.11. The van der Waals surface area contributed by atoms with Crippen molar-refractivity contribution in [1.29, 1.82) is 0 Å². The minimum absolute atomic E-state index is 0.0502. The van der Waals surface area contributed by atoms with Crippen molar-refractivity contribution < 1.29 is 57.5 Å². The maximum atomic E-state index is 13.4. The molecule has 13 heteroatoms. The van der Waals surface area contributed by atoms with E-state index < -0.39 is 72.7 Å². The standard InChI is InChI=1S/C35H35NO12/c1-3-43-34(41)25(35(42)44-4-2)20-36-30-29(48-33(40)24-18-12-7-13-19-24)28(47-32(39)23-16-10-6-11-17-23)27(26(21-37)45-30)46-31(38)22-14-8-5-9-15-22/h5-20,26-30,36-37H,3-4,21H2,1-2H3/t26-,27-,28+,29-,30-/m1/s1. The molecule has 0 saturated carbocycles. The Balaban J connectivity index is 1.79. The van der Waals surface area contributed by atoms with E-state index in [1.54, 1.807) is 68.4 Å². The summed E-state index contributed by atoms with van der Waals surface area (Å²) in [5.41, 5.74) is -0.147. The van der Waals surface area contributed by atoms with Gasteiger partial charge in [0.25, 0.3) is 0 Å². The second kappa shape index (κ2) is 17.4. The van der Waals surface area contributed by atoms with E-state index in [4.69, 9.17) is 28.4 Å². The minimum Gasteiger partial charge on any atom is -0.462 e. The van der Waals surface area contributed by atoms with Crippen molar-refractivity contribution >= 4 is 29.8 Å². The molecule has 2 N–H and O–H groups in total. The predicted octanol–water partition coefficient (Wildman–Crippen LogP) is 2.98. The summed E-state index contributed by atoms with van der Waals surface area (Å²) >= 11 is 0. The second-order valence-electron chi connectivity index (χ2n) is 10.2. The third-order valence-electron chi connectivity index (χ3n) is 6.95.